The van der Waals surface area contributed by atoms with Gasteiger partial charge in [0.15, 0.2) is 0 Å². The number of aliphatic hydroxyl groups is 2. The molecule has 1 aliphatic heterocycles. The summed E-state index contributed by atoms with van der Waals surface area (Å²) in [5.41, 5.74) is 0.195. The molecule has 1 heterocycles. The normalized spacial score (nSPS) is 67.6. The Morgan fingerprint density at radius 2 is 2.04 bits per heavy atom. The van der Waals surface area contributed by atoms with Crippen molar-refractivity contribution >= 4 is 6.21 Å². The van der Waals surface area contributed by atoms with Crippen LogP contribution in [0.2, 0.25) is 0 Å². The van der Waals surface area contributed by atoms with Gasteiger partial charge in [-0.05, 0) is 61.9 Å². The predicted molar refractivity (Wildman–Crippen MR) is 88.1 cm³/mol. The molecule has 6 aliphatic carbocycles. The van der Waals surface area contributed by atoms with Gasteiger partial charge in [0.1, 0.15) is 0 Å². The maximum Gasteiger partial charge on any atom is 0.0829 e. The van der Waals surface area contributed by atoms with E-state index in [0.717, 1.165) is 44.1 Å². The van der Waals surface area contributed by atoms with Crippen LogP contribution in [0.3, 0.4) is 0 Å². The number of rotatable bonds is 0. The fourth-order valence-corrected chi connectivity index (χ4v) is 8.94. The number of aliphatic hydroxyl groups excluding tert-OH is 1. The molecule has 9 atom stereocenters. The summed E-state index contributed by atoms with van der Waals surface area (Å²) in [7, 11) is 0. The third kappa shape index (κ3) is 1.02. The summed E-state index contributed by atoms with van der Waals surface area (Å²) in [5, 5.41) is 23.2. The standard InChI is InChI=1S/C20H27NO2/c1-11-12-8-13-15-19-5-3-4-17(2,10-21-15)20(19,23)7-6-18(13,16(11)22)14(19)9-12/h10,12-16,22-23H,1,3-9H2,2H3. The Morgan fingerprint density at radius 1 is 1.22 bits per heavy atom. The van der Waals surface area contributed by atoms with Crippen molar-refractivity contribution < 1.29 is 10.2 Å². The highest BCUT2D eigenvalue weighted by Gasteiger charge is 2.84. The zero-order valence-corrected chi connectivity index (χ0v) is 14.0. The van der Waals surface area contributed by atoms with Gasteiger partial charge < -0.3 is 10.2 Å². The van der Waals surface area contributed by atoms with Crippen molar-refractivity contribution in [3.05, 3.63) is 12.2 Å². The van der Waals surface area contributed by atoms with Crippen molar-refractivity contribution in [2.24, 2.45) is 39.0 Å². The van der Waals surface area contributed by atoms with Crippen molar-refractivity contribution in [3.63, 3.8) is 0 Å². The summed E-state index contributed by atoms with van der Waals surface area (Å²) in [4.78, 5) is 5.11. The van der Waals surface area contributed by atoms with Gasteiger partial charge in [-0.3, -0.25) is 4.99 Å². The Hall–Kier alpha value is -0.670. The van der Waals surface area contributed by atoms with Crippen LogP contribution in [-0.2, 0) is 0 Å². The van der Waals surface area contributed by atoms with Crippen molar-refractivity contribution in [3.8, 4) is 0 Å². The molecule has 6 saturated carbocycles. The molecule has 2 spiro atoms. The Bertz CT molecular complexity index is 673. The SMILES string of the molecule is C=C1C2CC3C4N=CC5(C)CCCC46C(C2)C3(CCC56O)C1O. The van der Waals surface area contributed by atoms with Gasteiger partial charge in [0.05, 0.1) is 17.7 Å². The summed E-state index contributed by atoms with van der Waals surface area (Å²) in [6.45, 7) is 6.50. The van der Waals surface area contributed by atoms with E-state index in [1.165, 1.54) is 6.42 Å². The lowest BCUT2D eigenvalue weighted by molar-refractivity contribution is -0.249. The van der Waals surface area contributed by atoms with Crippen molar-refractivity contribution in [1.82, 2.24) is 0 Å². The quantitative estimate of drug-likeness (QED) is 0.676. The van der Waals surface area contributed by atoms with Gasteiger partial charge in [0.2, 0.25) is 0 Å². The third-order valence-electron chi connectivity index (χ3n) is 9.75. The zero-order chi connectivity index (χ0) is 15.8. The molecule has 0 aromatic carbocycles. The molecule has 0 aromatic rings. The first-order valence-electron chi connectivity index (χ1n) is 9.54. The molecule has 3 nitrogen and oxygen atoms in total. The van der Waals surface area contributed by atoms with Gasteiger partial charge in [0.25, 0.3) is 0 Å². The van der Waals surface area contributed by atoms with Gasteiger partial charge >= 0.3 is 0 Å². The van der Waals surface area contributed by atoms with Gasteiger partial charge in [-0.1, -0.05) is 19.9 Å². The van der Waals surface area contributed by atoms with Crippen LogP contribution in [0.15, 0.2) is 17.1 Å². The molecule has 7 aliphatic rings. The van der Waals surface area contributed by atoms with Gasteiger partial charge in [-0.15, -0.1) is 0 Å². The second kappa shape index (κ2) is 3.48. The highest BCUT2D eigenvalue weighted by atomic mass is 16.3. The van der Waals surface area contributed by atoms with E-state index < -0.39 is 5.60 Å². The second-order valence-electron chi connectivity index (χ2n) is 9.81. The molecule has 3 heteroatoms. The lowest BCUT2D eigenvalue weighted by Crippen LogP contribution is -2.72. The molecular formula is C20H27NO2. The first kappa shape index (κ1) is 13.6. The number of aliphatic imine (C=N–C) groups is 1. The average Bonchev–Trinajstić information content (AvgIpc) is 2.62. The Kier molecular flexibility index (Phi) is 2.06. The van der Waals surface area contributed by atoms with E-state index in [0.29, 0.717) is 17.8 Å². The maximum absolute atomic E-state index is 12.0. The fraction of sp³-hybridized carbons (Fsp3) is 0.850. The Labute approximate surface area is 137 Å². The zero-order valence-electron chi connectivity index (χ0n) is 14.0. The largest absolute Gasteiger partial charge is 0.388 e. The van der Waals surface area contributed by atoms with Crippen LogP contribution in [0.5, 0.6) is 0 Å². The van der Waals surface area contributed by atoms with Crippen LogP contribution in [0.1, 0.15) is 51.9 Å². The molecule has 23 heavy (non-hydrogen) atoms. The number of hydrogen-bond donors (Lipinski definition) is 2. The van der Waals surface area contributed by atoms with Gasteiger partial charge in [0, 0.05) is 22.5 Å². The van der Waals surface area contributed by atoms with Gasteiger partial charge in [-0.25, -0.2) is 0 Å². The molecule has 0 amide bonds. The third-order valence-corrected chi connectivity index (χ3v) is 9.75. The minimum Gasteiger partial charge on any atom is -0.388 e. The summed E-state index contributed by atoms with van der Waals surface area (Å²) < 4.78 is 0. The average molecular weight is 313 g/mol. The lowest BCUT2D eigenvalue weighted by atomic mass is 9.38. The highest BCUT2D eigenvalue weighted by Crippen LogP contribution is 2.82. The first-order valence-corrected chi connectivity index (χ1v) is 9.54. The smallest absolute Gasteiger partial charge is 0.0829 e. The fourth-order valence-electron chi connectivity index (χ4n) is 8.94. The van der Waals surface area contributed by atoms with Crippen LogP contribution >= 0.6 is 0 Å². The van der Waals surface area contributed by atoms with Crippen molar-refractivity contribution in [2.45, 2.75) is 69.6 Å². The van der Waals surface area contributed by atoms with Crippen LogP contribution < -0.4 is 0 Å². The first-order chi connectivity index (χ1) is 10.9. The van der Waals surface area contributed by atoms with E-state index in [9.17, 15) is 10.2 Å². The molecule has 124 valence electrons. The lowest BCUT2D eigenvalue weighted by Gasteiger charge is -2.68. The Morgan fingerprint density at radius 3 is 2.87 bits per heavy atom. The van der Waals surface area contributed by atoms with Crippen molar-refractivity contribution in [2.75, 3.05) is 0 Å². The van der Waals surface area contributed by atoms with Crippen LogP contribution in [0.25, 0.3) is 0 Å². The van der Waals surface area contributed by atoms with E-state index in [2.05, 4.69) is 19.7 Å². The number of nitrogens with zero attached hydrogens (tertiary/aromatic N) is 1. The van der Waals surface area contributed by atoms with E-state index in [-0.39, 0.29) is 28.4 Å². The molecular weight excluding hydrogens is 286 g/mol. The van der Waals surface area contributed by atoms with Gasteiger partial charge in [-0.2, -0.15) is 0 Å². The highest BCUT2D eigenvalue weighted by molar-refractivity contribution is 5.71. The minimum atomic E-state index is -0.610. The van der Waals surface area contributed by atoms with E-state index in [1.54, 1.807) is 0 Å². The molecule has 6 bridgehead atoms. The monoisotopic (exact) mass is 313 g/mol. The molecule has 2 N–H and O–H groups in total. The molecule has 6 fully saturated rings. The predicted octanol–water partition coefficient (Wildman–Crippen LogP) is 2.71. The molecule has 7 rings (SSSR count). The van der Waals surface area contributed by atoms with Crippen LogP contribution in [-0.4, -0.2) is 34.2 Å². The topological polar surface area (TPSA) is 52.8 Å². The number of hydrogen-bond acceptors (Lipinski definition) is 3. The molecule has 0 radical (unpaired) electrons. The molecule has 0 aromatic heterocycles. The minimum absolute atomic E-state index is 0.0390. The maximum atomic E-state index is 12.0. The number of fused-ring (bicyclic) bond motifs is 1. The van der Waals surface area contributed by atoms with Crippen LogP contribution in [0.4, 0.5) is 0 Å². The van der Waals surface area contributed by atoms with Crippen molar-refractivity contribution in [1.29, 1.82) is 0 Å². The summed E-state index contributed by atoms with van der Waals surface area (Å²) in [6.07, 6.45) is 9.21. The second-order valence-corrected chi connectivity index (χ2v) is 9.81. The summed E-state index contributed by atoms with van der Waals surface area (Å²) in [5.74, 6) is 1.35. The summed E-state index contributed by atoms with van der Waals surface area (Å²) >= 11 is 0. The van der Waals surface area contributed by atoms with E-state index >= 15 is 0 Å². The van der Waals surface area contributed by atoms with E-state index in [4.69, 9.17) is 4.99 Å². The van der Waals surface area contributed by atoms with E-state index in [1.807, 2.05) is 0 Å². The summed E-state index contributed by atoms with van der Waals surface area (Å²) in [6, 6.07) is 0.237. The van der Waals surface area contributed by atoms with Crippen LogP contribution in [0, 0.1) is 34.0 Å². The molecule has 9 unspecified atom stereocenters. The Balaban J connectivity index is 1.67. The molecule has 0 saturated heterocycles.